The van der Waals surface area contributed by atoms with E-state index < -0.39 is 0 Å². The third-order valence-corrected chi connectivity index (χ3v) is 4.94. The van der Waals surface area contributed by atoms with Gasteiger partial charge < -0.3 is 19.4 Å². The Balaban J connectivity index is 1.66. The first-order valence-corrected chi connectivity index (χ1v) is 8.77. The standard InChI is InChI=1S/C21H18N2O3/c1-2-25-21(24)16-12-22-17-8-9-18-15(19(16)17)11-13-6-7-14-5-3-4-10-23(14)20(13)26-18/h3-9,11-12,20,22H,2,10H2,1H3. The Morgan fingerprint density at radius 3 is 3.19 bits per heavy atom. The monoisotopic (exact) mass is 346 g/mol. The summed E-state index contributed by atoms with van der Waals surface area (Å²) in [6.07, 6.45) is 14.1. The first kappa shape index (κ1) is 15.1. The summed E-state index contributed by atoms with van der Waals surface area (Å²) in [5.41, 5.74) is 4.58. The zero-order valence-corrected chi connectivity index (χ0v) is 14.4. The van der Waals surface area contributed by atoms with Crippen LogP contribution >= 0.6 is 0 Å². The van der Waals surface area contributed by atoms with Crippen molar-refractivity contribution in [1.82, 2.24) is 9.88 Å². The molecule has 1 atom stereocenters. The van der Waals surface area contributed by atoms with Crippen molar-refractivity contribution < 1.29 is 14.3 Å². The highest BCUT2D eigenvalue weighted by atomic mass is 16.5. The molecule has 26 heavy (non-hydrogen) atoms. The van der Waals surface area contributed by atoms with Gasteiger partial charge in [0.05, 0.1) is 12.2 Å². The molecule has 1 N–H and O–H groups in total. The van der Waals surface area contributed by atoms with Gasteiger partial charge in [0.15, 0.2) is 6.23 Å². The molecule has 5 heteroatoms. The molecule has 0 saturated heterocycles. The number of nitrogens with one attached hydrogen (secondary N) is 1. The minimum atomic E-state index is -0.321. The maximum atomic E-state index is 12.3. The van der Waals surface area contributed by atoms with Crippen LogP contribution in [-0.2, 0) is 4.74 Å². The lowest BCUT2D eigenvalue weighted by Gasteiger charge is -2.40. The smallest absolute Gasteiger partial charge is 0.340 e. The van der Waals surface area contributed by atoms with Gasteiger partial charge in [0, 0.05) is 40.5 Å². The molecule has 0 saturated carbocycles. The second kappa shape index (κ2) is 5.66. The zero-order valence-electron chi connectivity index (χ0n) is 14.4. The molecule has 0 amide bonds. The SMILES string of the molecule is CCOC(=O)c1c[nH]c2ccc3c(c12)C=C1C=CC2=CC=CCN2C1O3. The number of esters is 1. The van der Waals surface area contributed by atoms with E-state index in [1.54, 1.807) is 6.20 Å². The van der Waals surface area contributed by atoms with Crippen molar-refractivity contribution in [3.05, 3.63) is 71.1 Å². The van der Waals surface area contributed by atoms with Crippen LogP contribution in [0.2, 0.25) is 0 Å². The second-order valence-corrected chi connectivity index (χ2v) is 6.44. The normalized spacial score (nSPS) is 19.9. The van der Waals surface area contributed by atoms with Crippen molar-refractivity contribution >= 4 is 22.9 Å². The quantitative estimate of drug-likeness (QED) is 0.841. The minimum Gasteiger partial charge on any atom is -0.466 e. The lowest BCUT2D eigenvalue weighted by atomic mass is 9.96. The fourth-order valence-electron chi connectivity index (χ4n) is 3.76. The largest absolute Gasteiger partial charge is 0.466 e. The van der Waals surface area contributed by atoms with E-state index in [-0.39, 0.29) is 12.2 Å². The van der Waals surface area contributed by atoms with Crippen LogP contribution in [0.4, 0.5) is 0 Å². The summed E-state index contributed by atoms with van der Waals surface area (Å²) < 4.78 is 11.5. The molecule has 0 aliphatic carbocycles. The molecule has 0 fully saturated rings. The van der Waals surface area contributed by atoms with E-state index in [9.17, 15) is 4.79 Å². The minimum absolute atomic E-state index is 0.147. The van der Waals surface area contributed by atoms with E-state index in [0.717, 1.165) is 40.0 Å². The number of aromatic nitrogens is 1. The number of ether oxygens (including phenoxy) is 2. The number of benzene rings is 1. The summed E-state index contributed by atoms with van der Waals surface area (Å²) >= 11 is 0. The van der Waals surface area contributed by atoms with Crippen LogP contribution in [0.15, 0.2) is 60.0 Å². The van der Waals surface area contributed by atoms with Gasteiger partial charge in [-0.25, -0.2) is 4.79 Å². The molecular weight excluding hydrogens is 328 g/mol. The summed E-state index contributed by atoms with van der Waals surface area (Å²) in [5.74, 6) is 0.457. The first-order valence-electron chi connectivity index (χ1n) is 8.77. The van der Waals surface area contributed by atoms with E-state index >= 15 is 0 Å². The fraction of sp³-hybridized carbons (Fsp3) is 0.190. The summed E-state index contributed by atoms with van der Waals surface area (Å²) in [5, 5.41) is 0.847. The molecule has 2 aromatic rings. The molecule has 1 aromatic heterocycles. The van der Waals surface area contributed by atoms with Crippen LogP contribution in [0, 0.1) is 0 Å². The highest BCUT2D eigenvalue weighted by Gasteiger charge is 2.32. The number of hydrogen-bond acceptors (Lipinski definition) is 4. The van der Waals surface area contributed by atoms with Crippen molar-refractivity contribution in [2.45, 2.75) is 13.2 Å². The van der Waals surface area contributed by atoms with Gasteiger partial charge in [-0.05, 0) is 37.3 Å². The van der Waals surface area contributed by atoms with Crippen molar-refractivity contribution in [2.24, 2.45) is 0 Å². The van der Waals surface area contributed by atoms with Crippen LogP contribution in [0.3, 0.4) is 0 Å². The topological polar surface area (TPSA) is 54.6 Å². The van der Waals surface area contributed by atoms with Crippen LogP contribution < -0.4 is 4.74 Å². The number of fused-ring (bicyclic) bond motifs is 6. The maximum Gasteiger partial charge on any atom is 0.340 e. The lowest BCUT2D eigenvalue weighted by molar-refractivity contribution is 0.0528. The molecule has 0 spiro atoms. The number of rotatable bonds is 2. The Labute approximate surface area is 150 Å². The number of nitrogens with zero attached hydrogens (tertiary/aromatic N) is 1. The Hall–Kier alpha value is -3.21. The van der Waals surface area contributed by atoms with Crippen molar-refractivity contribution in [1.29, 1.82) is 0 Å². The molecule has 1 aromatic carbocycles. The molecule has 0 radical (unpaired) electrons. The number of carbonyl (C=O) groups is 1. The van der Waals surface area contributed by atoms with Crippen molar-refractivity contribution in [3.63, 3.8) is 0 Å². The van der Waals surface area contributed by atoms with Gasteiger partial charge in [-0.2, -0.15) is 0 Å². The highest BCUT2D eigenvalue weighted by molar-refractivity contribution is 6.08. The summed E-state index contributed by atoms with van der Waals surface area (Å²) in [6.45, 7) is 2.97. The van der Waals surface area contributed by atoms with E-state index in [4.69, 9.17) is 9.47 Å². The van der Waals surface area contributed by atoms with Crippen LogP contribution in [0.1, 0.15) is 22.8 Å². The molecule has 1 unspecified atom stereocenters. The van der Waals surface area contributed by atoms with Crippen LogP contribution in [-0.4, -0.2) is 35.2 Å². The summed E-state index contributed by atoms with van der Waals surface area (Å²) in [6, 6.07) is 3.90. The molecule has 0 bridgehead atoms. The highest BCUT2D eigenvalue weighted by Crippen LogP contribution is 2.40. The second-order valence-electron chi connectivity index (χ2n) is 6.44. The van der Waals surface area contributed by atoms with E-state index in [0.29, 0.717) is 12.2 Å². The average molecular weight is 346 g/mol. The maximum absolute atomic E-state index is 12.3. The Bertz CT molecular complexity index is 1040. The lowest BCUT2D eigenvalue weighted by Crippen LogP contribution is -2.43. The predicted octanol–water partition coefficient (Wildman–Crippen LogP) is 3.77. The third-order valence-electron chi connectivity index (χ3n) is 4.94. The number of hydrogen-bond donors (Lipinski definition) is 1. The van der Waals surface area contributed by atoms with Gasteiger partial charge >= 0.3 is 5.97 Å². The van der Waals surface area contributed by atoms with Crippen molar-refractivity contribution in [2.75, 3.05) is 13.2 Å². The number of allylic oxidation sites excluding steroid dienone is 3. The molecule has 130 valence electrons. The molecular formula is C21H18N2O3. The van der Waals surface area contributed by atoms with Gasteiger partial charge in [0.1, 0.15) is 5.75 Å². The van der Waals surface area contributed by atoms with E-state index in [1.807, 2.05) is 19.1 Å². The fourth-order valence-corrected chi connectivity index (χ4v) is 3.76. The number of aromatic amines is 1. The van der Waals surface area contributed by atoms with E-state index in [1.165, 1.54) is 0 Å². The molecule has 3 aliphatic heterocycles. The molecule has 3 aliphatic rings. The average Bonchev–Trinajstić information content (AvgIpc) is 3.11. The molecule has 5 rings (SSSR count). The molecule has 4 heterocycles. The Kier molecular flexibility index (Phi) is 3.28. The van der Waals surface area contributed by atoms with Gasteiger partial charge in [-0.1, -0.05) is 18.2 Å². The number of carbonyl (C=O) groups excluding carboxylic acids is 1. The Morgan fingerprint density at radius 2 is 2.31 bits per heavy atom. The summed E-state index contributed by atoms with van der Waals surface area (Å²) in [4.78, 5) is 17.7. The van der Waals surface area contributed by atoms with E-state index in [2.05, 4.69) is 46.3 Å². The van der Waals surface area contributed by atoms with Gasteiger partial charge in [-0.3, -0.25) is 0 Å². The van der Waals surface area contributed by atoms with Gasteiger partial charge in [-0.15, -0.1) is 0 Å². The predicted molar refractivity (Wildman–Crippen MR) is 99.7 cm³/mol. The summed E-state index contributed by atoms with van der Waals surface area (Å²) in [7, 11) is 0. The zero-order chi connectivity index (χ0) is 17.7. The van der Waals surface area contributed by atoms with Gasteiger partial charge in [0.2, 0.25) is 0 Å². The number of H-pyrrole nitrogens is 1. The first-order chi connectivity index (χ1) is 12.8. The van der Waals surface area contributed by atoms with Crippen molar-refractivity contribution in [3.8, 4) is 5.75 Å². The van der Waals surface area contributed by atoms with Crippen LogP contribution in [0.25, 0.3) is 17.0 Å². The van der Waals surface area contributed by atoms with Gasteiger partial charge in [0.25, 0.3) is 0 Å². The Morgan fingerprint density at radius 1 is 1.38 bits per heavy atom. The third kappa shape index (κ3) is 2.13. The molecule has 5 nitrogen and oxygen atoms in total. The van der Waals surface area contributed by atoms with Crippen LogP contribution in [0.5, 0.6) is 5.75 Å².